The van der Waals surface area contributed by atoms with E-state index < -0.39 is 17.9 Å². The summed E-state index contributed by atoms with van der Waals surface area (Å²) in [7, 11) is 3.12. The van der Waals surface area contributed by atoms with E-state index in [2.05, 4.69) is 10.3 Å². The summed E-state index contributed by atoms with van der Waals surface area (Å²) >= 11 is 1.31. The molecule has 0 radical (unpaired) electrons. The molecule has 1 aromatic carbocycles. The second kappa shape index (κ2) is 17.9. The number of ether oxygens (including phenoxy) is 2. The van der Waals surface area contributed by atoms with Crippen LogP contribution in [0.25, 0.3) is 0 Å². The van der Waals surface area contributed by atoms with Gasteiger partial charge in [-0.2, -0.15) is 0 Å². The van der Waals surface area contributed by atoms with Gasteiger partial charge >= 0.3 is 11.9 Å². The highest BCUT2D eigenvalue weighted by Gasteiger charge is 2.33. The van der Waals surface area contributed by atoms with Gasteiger partial charge in [0.25, 0.3) is 5.91 Å². The van der Waals surface area contributed by atoms with Gasteiger partial charge in [-0.25, -0.2) is 4.98 Å². The van der Waals surface area contributed by atoms with Crippen LogP contribution >= 0.6 is 11.3 Å². The average Bonchev–Trinajstić information content (AvgIpc) is 3.49. The number of hydrogen-bond donors (Lipinski definition) is 2. The molecule has 11 heteroatoms. The van der Waals surface area contributed by atoms with Crippen LogP contribution in [0.3, 0.4) is 0 Å². The molecule has 0 aliphatic heterocycles. The molecule has 1 heterocycles. The number of carbonyl (C=O) groups excluding carboxylic acids is 4. The lowest BCUT2D eigenvalue weighted by atomic mass is 9.90. The number of benzene rings is 1. The van der Waals surface area contributed by atoms with Crippen molar-refractivity contribution in [1.29, 1.82) is 0 Å². The number of nitrogens with two attached hydrogens (primary N) is 1. The molecule has 6 atom stereocenters. The van der Waals surface area contributed by atoms with E-state index in [4.69, 9.17) is 15.2 Å². The lowest BCUT2D eigenvalue weighted by molar-refractivity contribution is -0.145. The zero-order valence-corrected chi connectivity index (χ0v) is 28.2. The average molecular weight is 631 g/mol. The molecule has 3 N–H and O–H groups in total. The first-order chi connectivity index (χ1) is 20.8. The normalized spacial score (nSPS) is 15.4. The Kier molecular flexibility index (Phi) is 15.0. The fraction of sp³-hybridized carbons (Fsp3) is 0.606. The van der Waals surface area contributed by atoms with Crippen molar-refractivity contribution in [3.05, 3.63) is 52.0 Å². The monoisotopic (exact) mass is 630 g/mol. The fourth-order valence-corrected chi connectivity index (χ4v) is 6.08. The predicted molar refractivity (Wildman–Crippen MR) is 172 cm³/mol. The van der Waals surface area contributed by atoms with Crippen LogP contribution in [0.1, 0.15) is 87.8 Å². The Morgan fingerprint density at radius 2 is 1.73 bits per heavy atom. The zero-order valence-electron chi connectivity index (χ0n) is 27.4. The first-order valence-electron chi connectivity index (χ1n) is 15.3. The number of methoxy groups -OCH3 is 1. The van der Waals surface area contributed by atoms with Gasteiger partial charge in [-0.3, -0.25) is 19.2 Å². The third-order valence-electron chi connectivity index (χ3n) is 8.18. The Labute approximate surface area is 266 Å². The molecule has 0 spiro atoms. The summed E-state index contributed by atoms with van der Waals surface area (Å²) in [6.45, 7) is 11.2. The smallest absolute Gasteiger partial charge is 0.308 e. The molecule has 0 fully saturated rings. The second-order valence-electron chi connectivity index (χ2n) is 12.0. The van der Waals surface area contributed by atoms with E-state index >= 15 is 0 Å². The molecule has 2 aromatic rings. The standard InChI is InChI=1S/C33H50N4O6S/c1-9-21(4)29(34)32(40)37(7)28(20(2)3)17-25(18-43-23(6)38)31-36-27(19-44-31)30(39)35-26(15-22(5)33(41)42-8)16-24-13-11-10-12-14-24/h10-14,19-22,25-26,28-29H,9,15-18,34H2,1-8H3,(H,35,39)/t21-,22-,25?,26+,28+,29-/m0/s1. The Bertz CT molecular complexity index is 1220. The van der Waals surface area contributed by atoms with Crippen LogP contribution in [0.4, 0.5) is 0 Å². The summed E-state index contributed by atoms with van der Waals surface area (Å²) in [6, 6.07) is 8.60. The summed E-state index contributed by atoms with van der Waals surface area (Å²) in [6.07, 6.45) is 2.20. The lowest BCUT2D eigenvalue weighted by Crippen LogP contribution is -2.51. The molecule has 0 aliphatic rings. The maximum absolute atomic E-state index is 13.4. The van der Waals surface area contributed by atoms with Gasteiger partial charge < -0.3 is 25.4 Å². The highest BCUT2D eigenvalue weighted by atomic mass is 32.1. The van der Waals surface area contributed by atoms with Crippen molar-refractivity contribution in [2.45, 2.75) is 91.3 Å². The van der Waals surface area contributed by atoms with Gasteiger partial charge in [0.1, 0.15) is 17.3 Å². The highest BCUT2D eigenvalue weighted by Crippen LogP contribution is 2.30. The second-order valence-corrected chi connectivity index (χ2v) is 12.9. The minimum absolute atomic E-state index is 0.0379. The van der Waals surface area contributed by atoms with E-state index in [0.717, 1.165) is 12.0 Å². The molecule has 0 aliphatic carbocycles. The molecule has 0 saturated carbocycles. The maximum atomic E-state index is 13.4. The Morgan fingerprint density at radius 1 is 1.07 bits per heavy atom. The molecular weight excluding hydrogens is 580 g/mol. The van der Waals surface area contributed by atoms with E-state index in [1.165, 1.54) is 25.4 Å². The molecule has 1 unspecified atom stereocenters. The summed E-state index contributed by atoms with van der Waals surface area (Å²) in [5.41, 5.74) is 7.56. The van der Waals surface area contributed by atoms with Crippen LogP contribution in [0.2, 0.25) is 0 Å². The van der Waals surface area contributed by atoms with Crippen LogP contribution in [0.5, 0.6) is 0 Å². The van der Waals surface area contributed by atoms with Crippen molar-refractivity contribution in [3.8, 4) is 0 Å². The van der Waals surface area contributed by atoms with E-state index in [1.54, 1.807) is 24.3 Å². The van der Waals surface area contributed by atoms with Crippen LogP contribution in [-0.2, 0) is 30.3 Å². The molecule has 2 rings (SSSR count). The van der Waals surface area contributed by atoms with E-state index in [-0.39, 0.29) is 59.9 Å². The summed E-state index contributed by atoms with van der Waals surface area (Å²) in [4.78, 5) is 57.0. The van der Waals surface area contributed by atoms with E-state index in [1.807, 2.05) is 58.0 Å². The van der Waals surface area contributed by atoms with Gasteiger partial charge in [-0.15, -0.1) is 11.3 Å². The number of hydrogen-bond acceptors (Lipinski definition) is 9. The minimum Gasteiger partial charge on any atom is -0.469 e. The number of amides is 2. The number of thiazole rings is 1. The van der Waals surface area contributed by atoms with Gasteiger partial charge in [0, 0.05) is 37.4 Å². The lowest BCUT2D eigenvalue weighted by Gasteiger charge is -2.36. The van der Waals surface area contributed by atoms with Crippen LogP contribution < -0.4 is 11.1 Å². The number of nitrogens with one attached hydrogen (secondary N) is 1. The summed E-state index contributed by atoms with van der Waals surface area (Å²) < 4.78 is 10.3. The van der Waals surface area contributed by atoms with Crippen molar-refractivity contribution >= 4 is 35.1 Å². The SMILES string of the molecule is CC[C@H](C)[C@H](N)C(=O)N(C)[C@H](CC(COC(C)=O)c1nc(C(=O)N[C@@H](Cc2ccccc2)C[C@H](C)C(=O)OC)cs1)C(C)C. The van der Waals surface area contributed by atoms with Gasteiger partial charge in [0.2, 0.25) is 5.91 Å². The number of aromatic nitrogens is 1. The van der Waals surface area contributed by atoms with Gasteiger partial charge in [0.05, 0.1) is 19.1 Å². The predicted octanol–water partition coefficient (Wildman–Crippen LogP) is 4.58. The molecular formula is C33H50N4O6S. The minimum atomic E-state index is -0.612. The van der Waals surface area contributed by atoms with Crippen molar-refractivity contribution in [2.75, 3.05) is 20.8 Å². The number of likely N-dealkylation sites (N-methyl/N-ethyl adjacent to an activating group) is 1. The molecule has 2 amide bonds. The largest absolute Gasteiger partial charge is 0.469 e. The quantitative estimate of drug-likeness (QED) is 0.242. The van der Waals surface area contributed by atoms with E-state index in [0.29, 0.717) is 24.3 Å². The Morgan fingerprint density at radius 3 is 2.30 bits per heavy atom. The fourth-order valence-electron chi connectivity index (χ4n) is 5.18. The van der Waals surface area contributed by atoms with Crippen LogP contribution in [-0.4, -0.2) is 72.5 Å². The molecule has 1 aromatic heterocycles. The van der Waals surface area contributed by atoms with Crippen LogP contribution in [0, 0.1) is 17.8 Å². The van der Waals surface area contributed by atoms with E-state index in [9.17, 15) is 19.2 Å². The summed E-state index contributed by atoms with van der Waals surface area (Å²) in [5, 5.41) is 5.38. The number of esters is 2. The molecule has 0 saturated heterocycles. The molecule has 244 valence electrons. The molecule has 0 bridgehead atoms. The topological polar surface area (TPSA) is 141 Å². The number of rotatable bonds is 17. The zero-order chi connectivity index (χ0) is 33.0. The summed E-state index contributed by atoms with van der Waals surface area (Å²) in [5.74, 6) is -1.87. The van der Waals surface area contributed by atoms with Gasteiger partial charge in [-0.05, 0) is 36.7 Å². The number of carbonyl (C=O) groups is 4. The molecule has 44 heavy (non-hydrogen) atoms. The first-order valence-corrected chi connectivity index (χ1v) is 16.2. The van der Waals surface area contributed by atoms with Crippen molar-refractivity contribution in [2.24, 2.45) is 23.5 Å². The van der Waals surface area contributed by atoms with Crippen molar-refractivity contribution in [3.63, 3.8) is 0 Å². The Hall–Kier alpha value is -3.31. The highest BCUT2D eigenvalue weighted by molar-refractivity contribution is 7.09. The first kappa shape index (κ1) is 36.9. The Balaban J connectivity index is 2.29. The third kappa shape index (κ3) is 11.0. The van der Waals surface area contributed by atoms with Gasteiger partial charge in [0.15, 0.2) is 0 Å². The number of nitrogens with zero attached hydrogens (tertiary/aromatic N) is 2. The van der Waals surface area contributed by atoms with Crippen LogP contribution in [0.15, 0.2) is 35.7 Å². The third-order valence-corrected chi connectivity index (χ3v) is 9.18. The molecule has 10 nitrogen and oxygen atoms in total. The van der Waals surface area contributed by atoms with Gasteiger partial charge in [-0.1, -0.05) is 71.4 Å². The van der Waals surface area contributed by atoms with Crippen molar-refractivity contribution < 1.29 is 28.7 Å². The maximum Gasteiger partial charge on any atom is 0.308 e. The van der Waals surface area contributed by atoms with Crippen molar-refractivity contribution in [1.82, 2.24) is 15.2 Å².